The summed E-state index contributed by atoms with van der Waals surface area (Å²) in [5.74, 6) is -0.329. The Kier molecular flexibility index (Phi) is 3.98. The van der Waals surface area contributed by atoms with Crippen LogP contribution in [0.4, 0.5) is 10.1 Å². The van der Waals surface area contributed by atoms with Gasteiger partial charge in [0, 0.05) is 17.6 Å². The van der Waals surface area contributed by atoms with Crippen molar-refractivity contribution in [1.29, 1.82) is 0 Å². The van der Waals surface area contributed by atoms with Crippen LogP contribution in [0.2, 0.25) is 0 Å². The zero-order valence-electron chi connectivity index (χ0n) is 11.8. The van der Waals surface area contributed by atoms with Gasteiger partial charge in [-0.15, -0.1) is 0 Å². The van der Waals surface area contributed by atoms with E-state index in [4.69, 9.17) is 4.42 Å². The van der Waals surface area contributed by atoms with Crippen LogP contribution in [0.3, 0.4) is 0 Å². The van der Waals surface area contributed by atoms with Crippen LogP contribution in [-0.4, -0.2) is 12.5 Å². The predicted octanol–water partition coefficient (Wildman–Crippen LogP) is 5.00. The molecule has 112 valence electrons. The number of hydrogen-bond donors (Lipinski definition) is 0. The molecule has 0 bridgehead atoms. The molecule has 0 aliphatic heterocycles. The van der Waals surface area contributed by atoms with E-state index in [1.165, 1.54) is 12.1 Å². The topological polar surface area (TPSA) is 33.5 Å². The second kappa shape index (κ2) is 5.93. The minimum Gasteiger partial charge on any atom is -0.450 e. The number of halogens is 2. The van der Waals surface area contributed by atoms with Crippen molar-refractivity contribution < 1.29 is 13.6 Å². The van der Waals surface area contributed by atoms with Gasteiger partial charge in [0.2, 0.25) is 0 Å². The Bertz CT molecular complexity index is 826. The molecule has 0 aliphatic carbocycles. The molecule has 3 rings (SSSR count). The monoisotopic (exact) mass is 361 g/mol. The summed E-state index contributed by atoms with van der Waals surface area (Å²) in [7, 11) is 0. The molecule has 0 unspecified atom stereocenters. The first-order valence-electron chi connectivity index (χ1n) is 6.85. The van der Waals surface area contributed by atoms with Gasteiger partial charge >= 0.3 is 0 Å². The van der Waals surface area contributed by atoms with Gasteiger partial charge < -0.3 is 9.32 Å². The molecular formula is C17H13BrFNO2. The molecule has 0 radical (unpaired) electrons. The van der Waals surface area contributed by atoms with E-state index in [2.05, 4.69) is 15.9 Å². The van der Waals surface area contributed by atoms with Crippen LogP contribution < -0.4 is 4.90 Å². The molecule has 3 nitrogen and oxygen atoms in total. The van der Waals surface area contributed by atoms with Gasteiger partial charge in [0.15, 0.2) is 5.76 Å². The van der Waals surface area contributed by atoms with Crippen LogP contribution in [0.15, 0.2) is 57.4 Å². The molecule has 0 fully saturated rings. The highest BCUT2D eigenvalue weighted by Crippen LogP contribution is 2.28. The van der Waals surface area contributed by atoms with Crippen molar-refractivity contribution in [2.75, 3.05) is 11.4 Å². The average molecular weight is 362 g/mol. The number of rotatable bonds is 3. The molecule has 2 aromatic carbocycles. The van der Waals surface area contributed by atoms with Gasteiger partial charge in [0.1, 0.15) is 11.4 Å². The van der Waals surface area contributed by atoms with E-state index in [-0.39, 0.29) is 17.5 Å². The molecule has 0 N–H and O–H groups in total. The average Bonchev–Trinajstić information content (AvgIpc) is 2.95. The zero-order chi connectivity index (χ0) is 15.7. The Morgan fingerprint density at radius 1 is 1.23 bits per heavy atom. The van der Waals surface area contributed by atoms with E-state index >= 15 is 0 Å². The van der Waals surface area contributed by atoms with Gasteiger partial charge in [-0.05, 0) is 59.3 Å². The van der Waals surface area contributed by atoms with Crippen molar-refractivity contribution in [3.63, 3.8) is 0 Å². The number of para-hydroxylation sites is 1. The lowest BCUT2D eigenvalue weighted by Crippen LogP contribution is -2.30. The van der Waals surface area contributed by atoms with Crippen LogP contribution >= 0.6 is 15.9 Å². The Labute approximate surface area is 135 Å². The normalized spacial score (nSPS) is 10.9. The fraction of sp³-hybridized carbons (Fsp3) is 0.118. The van der Waals surface area contributed by atoms with Crippen LogP contribution in [0, 0.1) is 5.82 Å². The second-order valence-electron chi connectivity index (χ2n) is 4.79. The van der Waals surface area contributed by atoms with Crippen molar-refractivity contribution in [1.82, 2.24) is 0 Å². The number of nitrogens with zero attached hydrogens (tertiary/aromatic N) is 1. The standard InChI is InChI=1S/C17H13BrFNO2/c1-2-20(13-8-6-12(19)7-9-13)17(21)15-10-11-4-3-5-14(18)16(11)22-15/h3-10H,2H2,1H3. The van der Waals surface area contributed by atoms with Gasteiger partial charge in [-0.2, -0.15) is 0 Å². The number of benzene rings is 2. The predicted molar refractivity (Wildman–Crippen MR) is 87.7 cm³/mol. The van der Waals surface area contributed by atoms with Crippen molar-refractivity contribution in [2.45, 2.75) is 6.92 Å². The number of hydrogen-bond acceptors (Lipinski definition) is 2. The first-order chi connectivity index (χ1) is 10.6. The maximum Gasteiger partial charge on any atom is 0.294 e. The first-order valence-corrected chi connectivity index (χ1v) is 7.65. The molecule has 22 heavy (non-hydrogen) atoms. The largest absolute Gasteiger partial charge is 0.450 e. The third-order valence-corrected chi connectivity index (χ3v) is 4.03. The van der Waals surface area contributed by atoms with Crippen molar-refractivity contribution >= 4 is 38.5 Å². The van der Waals surface area contributed by atoms with E-state index in [1.54, 1.807) is 23.1 Å². The Morgan fingerprint density at radius 3 is 2.59 bits per heavy atom. The smallest absolute Gasteiger partial charge is 0.294 e. The number of anilines is 1. The molecule has 1 amide bonds. The number of amides is 1. The van der Waals surface area contributed by atoms with E-state index in [0.717, 1.165) is 9.86 Å². The van der Waals surface area contributed by atoms with E-state index in [9.17, 15) is 9.18 Å². The lowest BCUT2D eigenvalue weighted by Gasteiger charge is -2.19. The summed E-state index contributed by atoms with van der Waals surface area (Å²) in [6.45, 7) is 2.32. The molecule has 0 spiro atoms. The van der Waals surface area contributed by atoms with E-state index < -0.39 is 0 Å². The number of furan rings is 1. The summed E-state index contributed by atoms with van der Waals surface area (Å²) in [6.07, 6.45) is 0. The van der Waals surface area contributed by atoms with Gasteiger partial charge in [0.25, 0.3) is 5.91 Å². The van der Waals surface area contributed by atoms with Gasteiger partial charge in [-0.3, -0.25) is 4.79 Å². The van der Waals surface area contributed by atoms with E-state index in [0.29, 0.717) is 17.8 Å². The van der Waals surface area contributed by atoms with Crippen LogP contribution in [-0.2, 0) is 0 Å². The third kappa shape index (κ3) is 2.64. The summed E-state index contributed by atoms with van der Waals surface area (Å²) in [4.78, 5) is 14.2. The van der Waals surface area contributed by atoms with Crippen molar-refractivity contribution in [2.24, 2.45) is 0 Å². The molecular weight excluding hydrogens is 349 g/mol. The number of carbonyl (C=O) groups is 1. The lowest BCUT2D eigenvalue weighted by atomic mass is 10.2. The maximum absolute atomic E-state index is 13.0. The Morgan fingerprint density at radius 2 is 1.95 bits per heavy atom. The Hall–Kier alpha value is -2.14. The number of fused-ring (bicyclic) bond motifs is 1. The number of carbonyl (C=O) groups excluding carboxylic acids is 1. The summed E-state index contributed by atoms with van der Waals surface area (Å²) in [5.41, 5.74) is 1.27. The van der Waals surface area contributed by atoms with Crippen LogP contribution in [0.25, 0.3) is 11.0 Å². The zero-order valence-corrected chi connectivity index (χ0v) is 13.4. The summed E-state index contributed by atoms with van der Waals surface area (Å²) in [6, 6.07) is 13.2. The molecule has 0 aliphatic rings. The maximum atomic E-state index is 13.0. The quantitative estimate of drug-likeness (QED) is 0.657. The van der Waals surface area contributed by atoms with Crippen molar-refractivity contribution in [3.8, 4) is 0 Å². The summed E-state index contributed by atoms with van der Waals surface area (Å²) < 4.78 is 19.5. The molecule has 1 aromatic heterocycles. The highest BCUT2D eigenvalue weighted by atomic mass is 79.9. The van der Waals surface area contributed by atoms with Gasteiger partial charge in [-0.25, -0.2) is 4.39 Å². The first kappa shape index (κ1) is 14.8. The lowest BCUT2D eigenvalue weighted by molar-refractivity contribution is 0.0963. The molecule has 1 heterocycles. The third-order valence-electron chi connectivity index (χ3n) is 3.41. The molecule has 5 heteroatoms. The second-order valence-corrected chi connectivity index (χ2v) is 5.65. The van der Waals surface area contributed by atoms with Gasteiger partial charge in [-0.1, -0.05) is 12.1 Å². The Balaban J connectivity index is 1.99. The van der Waals surface area contributed by atoms with Crippen molar-refractivity contribution in [3.05, 3.63) is 64.6 Å². The SMILES string of the molecule is CCN(C(=O)c1cc2cccc(Br)c2o1)c1ccc(F)cc1. The van der Waals surface area contributed by atoms with Crippen LogP contribution in [0.5, 0.6) is 0 Å². The highest BCUT2D eigenvalue weighted by Gasteiger charge is 2.20. The molecule has 0 saturated carbocycles. The fourth-order valence-electron chi connectivity index (χ4n) is 2.33. The molecule has 0 saturated heterocycles. The minimum absolute atomic E-state index is 0.253. The van der Waals surface area contributed by atoms with Gasteiger partial charge in [0.05, 0.1) is 4.47 Å². The molecule has 3 aromatic rings. The summed E-state index contributed by atoms with van der Waals surface area (Å²) in [5, 5.41) is 0.855. The molecule has 0 atom stereocenters. The van der Waals surface area contributed by atoms with E-state index in [1.807, 2.05) is 25.1 Å². The highest BCUT2D eigenvalue weighted by molar-refractivity contribution is 9.10. The minimum atomic E-state index is -0.333. The van der Waals surface area contributed by atoms with Crippen LogP contribution in [0.1, 0.15) is 17.5 Å². The summed E-state index contributed by atoms with van der Waals surface area (Å²) >= 11 is 3.41. The fourth-order valence-corrected chi connectivity index (χ4v) is 2.79.